The Balaban J connectivity index is 2.05. The van der Waals surface area contributed by atoms with E-state index in [1.165, 1.54) is 19.3 Å². The molecule has 0 saturated heterocycles. The van der Waals surface area contributed by atoms with Gasteiger partial charge in [-0.05, 0) is 47.7 Å². The van der Waals surface area contributed by atoms with Crippen LogP contribution >= 0.6 is 27.5 Å². The summed E-state index contributed by atoms with van der Waals surface area (Å²) in [6.45, 7) is 2.04. The van der Waals surface area contributed by atoms with Crippen molar-refractivity contribution < 1.29 is 4.79 Å². The summed E-state index contributed by atoms with van der Waals surface area (Å²) < 4.78 is 0.753. The van der Waals surface area contributed by atoms with Crippen LogP contribution in [0.4, 0.5) is 0 Å². The summed E-state index contributed by atoms with van der Waals surface area (Å²) in [5, 5.41) is 3.22. The maximum atomic E-state index is 12.0. The number of carbonyl (C=O) groups excluding carboxylic acids is 1. The predicted octanol–water partition coefficient (Wildman–Crippen LogP) is 3.42. The Morgan fingerprint density at radius 2 is 2.35 bits per heavy atom. The lowest BCUT2D eigenvalue weighted by atomic mass is 9.80. The van der Waals surface area contributed by atoms with Gasteiger partial charge in [0.15, 0.2) is 0 Å². The maximum absolute atomic E-state index is 12.0. The largest absolute Gasteiger partial charge is 0.349 e. The number of rotatable bonds is 3. The lowest BCUT2D eigenvalue weighted by Crippen LogP contribution is -2.40. The van der Waals surface area contributed by atoms with Gasteiger partial charge in [-0.1, -0.05) is 18.0 Å². The minimum Gasteiger partial charge on any atom is -0.349 e. The summed E-state index contributed by atoms with van der Waals surface area (Å²) in [7, 11) is 0. The lowest BCUT2D eigenvalue weighted by molar-refractivity contribution is 0.0909. The van der Waals surface area contributed by atoms with E-state index in [9.17, 15) is 4.79 Å². The second kappa shape index (κ2) is 5.36. The van der Waals surface area contributed by atoms with E-state index in [0.717, 1.165) is 4.47 Å². The zero-order valence-electron chi connectivity index (χ0n) is 9.54. The molecule has 5 heteroatoms. The Morgan fingerprint density at radius 3 is 2.94 bits per heavy atom. The molecule has 2 rings (SSSR count). The van der Waals surface area contributed by atoms with Crippen molar-refractivity contribution in [1.82, 2.24) is 10.3 Å². The molecule has 0 aliphatic heterocycles. The van der Waals surface area contributed by atoms with E-state index >= 15 is 0 Å². The molecule has 1 aliphatic carbocycles. The number of pyridine rings is 1. The molecule has 1 heterocycles. The van der Waals surface area contributed by atoms with Crippen LogP contribution in [-0.2, 0) is 0 Å². The van der Waals surface area contributed by atoms with E-state index in [1.54, 1.807) is 12.3 Å². The quantitative estimate of drug-likeness (QED) is 0.868. The maximum Gasteiger partial charge on any atom is 0.254 e. The summed E-state index contributed by atoms with van der Waals surface area (Å²) in [6.07, 6.45) is 5.25. The molecule has 92 valence electrons. The third kappa shape index (κ3) is 2.99. The third-order valence-corrected chi connectivity index (χ3v) is 4.00. The van der Waals surface area contributed by atoms with Gasteiger partial charge in [0.05, 0.1) is 5.56 Å². The van der Waals surface area contributed by atoms with Crippen molar-refractivity contribution in [2.24, 2.45) is 5.92 Å². The number of hydrogen-bond acceptors (Lipinski definition) is 2. The molecule has 1 atom stereocenters. The van der Waals surface area contributed by atoms with E-state index in [0.29, 0.717) is 11.5 Å². The Bertz CT molecular complexity index is 435. The van der Waals surface area contributed by atoms with Gasteiger partial charge in [-0.15, -0.1) is 0 Å². The minimum absolute atomic E-state index is 0.150. The molecule has 1 aliphatic rings. The van der Waals surface area contributed by atoms with Gasteiger partial charge >= 0.3 is 0 Å². The van der Waals surface area contributed by atoms with Crippen molar-refractivity contribution in [2.45, 2.75) is 32.2 Å². The van der Waals surface area contributed by atoms with Crippen LogP contribution in [0.25, 0.3) is 0 Å². The molecular formula is C12H14BrClN2O. The Hall–Kier alpha value is -0.610. The van der Waals surface area contributed by atoms with E-state index in [-0.39, 0.29) is 17.1 Å². The number of nitrogens with zero attached hydrogens (tertiary/aromatic N) is 1. The van der Waals surface area contributed by atoms with Gasteiger partial charge in [0.25, 0.3) is 5.91 Å². The molecule has 1 saturated carbocycles. The van der Waals surface area contributed by atoms with Crippen molar-refractivity contribution >= 4 is 33.4 Å². The summed E-state index contributed by atoms with van der Waals surface area (Å²) in [6, 6.07) is 1.89. The van der Waals surface area contributed by atoms with Gasteiger partial charge in [-0.3, -0.25) is 4.79 Å². The first kappa shape index (κ1) is 12.8. The van der Waals surface area contributed by atoms with Gasteiger partial charge < -0.3 is 5.32 Å². The van der Waals surface area contributed by atoms with Crippen molar-refractivity contribution in [3.8, 4) is 0 Å². The number of nitrogens with one attached hydrogen (secondary N) is 1. The van der Waals surface area contributed by atoms with Crippen LogP contribution in [-0.4, -0.2) is 16.9 Å². The standard InChI is InChI=1S/C12H14BrClN2O/c1-7(8-3-2-4-8)16-12(17)10-5-9(13)6-15-11(10)14/h5-8H,2-4H2,1H3,(H,16,17). The van der Waals surface area contributed by atoms with E-state index in [1.807, 2.05) is 6.92 Å². The second-order valence-electron chi connectivity index (χ2n) is 4.45. The number of amides is 1. The van der Waals surface area contributed by atoms with E-state index in [4.69, 9.17) is 11.6 Å². The molecule has 1 N–H and O–H groups in total. The number of carbonyl (C=O) groups is 1. The van der Waals surface area contributed by atoms with Gasteiger partial charge in [-0.25, -0.2) is 4.98 Å². The highest BCUT2D eigenvalue weighted by Crippen LogP contribution is 2.29. The molecule has 0 aromatic carbocycles. The average Bonchev–Trinajstić information content (AvgIpc) is 2.18. The monoisotopic (exact) mass is 316 g/mol. The molecule has 1 fully saturated rings. The summed E-state index contributed by atoms with van der Waals surface area (Å²) >= 11 is 9.19. The molecule has 17 heavy (non-hydrogen) atoms. The highest BCUT2D eigenvalue weighted by atomic mass is 79.9. The molecule has 0 bridgehead atoms. The molecular weight excluding hydrogens is 304 g/mol. The molecule has 1 unspecified atom stereocenters. The SMILES string of the molecule is CC(NC(=O)c1cc(Br)cnc1Cl)C1CCC1. The van der Waals surface area contributed by atoms with Crippen LogP contribution in [0.3, 0.4) is 0 Å². The molecule has 0 spiro atoms. The van der Waals surface area contributed by atoms with Gasteiger partial charge in [0.2, 0.25) is 0 Å². The first-order valence-corrected chi connectivity index (χ1v) is 6.87. The zero-order chi connectivity index (χ0) is 12.4. The molecule has 0 radical (unpaired) electrons. The molecule has 1 amide bonds. The zero-order valence-corrected chi connectivity index (χ0v) is 11.9. The average molecular weight is 318 g/mol. The van der Waals surface area contributed by atoms with Crippen molar-refractivity contribution in [3.63, 3.8) is 0 Å². The van der Waals surface area contributed by atoms with Crippen LogP contribution < -0.4 is 5.32 Å². The van der Waals surface area contributed by atoms with E-state index in [2.05, 4.69) is 26.2 Å². The fourth-order valence-electron chi connectivity index (χ4n) is 1.92. The van der Waals surface area contributed by atoms with Crippen molar-refractivity contribution in [1.29, 1.82) is 0 Å². The molecule has 3 nitrogen and oxygen atoms in total. The number of halogens is 2. The van der Waals surface area contributed by atoms with E-state index < -0.39 is 0 Å². The van der Waals surface area contributed by atoms with Crippen LogP contribution in [0, 0.1) is 5.92 Å². The van der Waals surface area contributed by atoms with Gasteiger partial charge in [0, 0.05) is 16.7 Å². The van der Waals surface area contributed by atoms with Gasteiger partial charge in [-0.2, -0.15) is 0 Å². The highest BCUT2D eigenvalue weighted by Gasteiger charge is 2.25. The lowest BCUT2D eigenvalue weighted by Gasteiger charge is -2.31. The van der Waals surface area contributed by atoms with Crippen LogP contribution in [0.2, 0.25) is 5.15 Å². The third-order valence-electron chi connectivity index (χ3n) is 3.27. The first-order valence-electron chi connectivity index (χ1n) is 5.70. The van der Waals surface area contributed by atoms with Crippen molar-refractivity contribution in [3.05, 3.63) is 27.5 Å². The second-order valence-corrected chi connectivity index (χ2v) is 5.72. The Kier molecular flexibility index (Phi) is 4.05. The van der Waals surface area contributed by atoms with Crippen molar-refractivity contribution in [2.75, 3.05) is 0 Å². The number of aromatic nitrogens is 1. The minimum atomic E-state index is -0.150. The topological polar surface area (TPSA) is 42.0 Å². The smallest absolute Gasteiger partial charge is 0.254 e. The van der Waals surface area contributed by atoms with Crippen LogP contribution in [0.5, 0.6) is 0 Å². The first-order chi connectivity index (χ1) is 8.08. The normalized spacial score (nSPS) is 17.4. The summed E-state index contributed by atoms with van der Waals surface area (Å²) in [5.74, 6) is 0.459. The molecule has 1 aromatic heterocycles. The fourth-order valence-corrected chi connectivity index (χ4v) is 2.44. The van der Waals surface area contributed by atoms with Crippen LogP contribution in [0.15, 0.2) is 16.7 Å². The summed E-state index contributed by atoms with van der Waals surface area (Å²) in [5.41, 5.74) is 0.423. The molecule has 1 aromatic rings. The number of hydrogen-bond donors (Lipinski definition) is 1. The fraction of sp³-hybridized carbons (Fsp3) is 0.500. The Morgan fingerprint density at radius 1 is 1.65 bits per heavy atom. The Labute approximate surface area is 114 Å². The summed E-state index contributed by atoms with van der Waals surface area (Å²) in [4.78, 5) is 16.0. The van der Waals surface area contributed by atoms with Crippen LogP contribution in [0.1, 0.15) is 36.5 Å². The van der Waals surface area contributed by atoms with Gasteiger partial charge in [0.1, 0.15) is 5.15 Å². The highest BCUT2D eigenvalue weighted by molar-refractivity contribution is 9.10. The predicted molar refractivity (Wildman–Crippen MR) is 71.2 cm³/mol.